The molecule has 52 heavy (non-hydrogen) atoms. The molecule has 0 aliphatic carbocycles. The molecule has 0 spiro atoms. The molecule has 0 aromatic heterocycles. The van der Waals surface area contributed by atoms with Crippen LogP contribution in [0.25, 0.3) is 0 Å². The summed E-state index contributed by atoms with van der Waals surface area (Å²) in [5.41, 5.74) is 0. The van der Waals surface area contributed by atoms with Crippen LogP contribution in [0.3, 0.4) is 0 Å². The Bertz CT molecular complexity index is 842. The first-order valence-corrected chi connectivity index (χ1v) is 23.3. The fourth-order valence-corrected chi connectivity index (χ4v) is 7.82. The average Bonchev–Trinajstić information content (AvgIpc) is 3.15. The number of amides is 2. The Morgan fingerprint density at radius 2 is 1.15 bits per heavy atom. The van der Waals surface area contributed by atoms with Crippen LogP contribution in [0.4, 0.5) is 0 Å². The van der Waals surface area contributed by atoms with Gasteiger partial charge in [0.25, 0.3) is 0 Å². The van der Waals surface area contributed by atoms with E-state index >= 15 is 0 Å². The second-order valence-corrected chi connectivity index (χ2v) is 16.4. The van der Waals surface area contributed by atoms with Crippen molar-refractivity contribution in [3.63, 3.8) is 0 Å². The number of morpholine rings is 1. The summed E-state index contributed by atoms with van der Waals surface area (Å²) < 4.78 is 10.9. The number of rotatable bonds is 37. The number of thioether (sulfide) groups is 1. The molecule has 2 amide bonds. The SMILES string of the molecule is CCCCCCCCCCCCCOC(=O)CCSCCC(NC(=O)C(CCCCCC)CCCCCCCC)C(=O)NCCCN1CCOCC1. The lowest BCUT2D eigenvalue weighted by molar-refractivity contribution is -0.143. The van der Waals surface area contributed by atoms with E-state index in [2.05, 4.69) is 36.3 Å². The van der Waals surface area contributed by atoms with Crippen molar-refractivity contribution < 1.29 is 23.9 Å². The molecular weight excluding hydrogens is 671 g/mol. The lowest BCUT2D eigenvalue weighted by Gasteiger charge is -2.26. The van der Waals surface area contributed by atoms with E-state index in [4.69, 9.17) is 9.47 Å². The Labute approximate surface area is 325 Å². The van der Waals surface area contributed by atoms with E-state index in [1.807, 2.05) is 0 Å². The zero-order valence-corrected chi connectivity index (χ0v) is 35.1. The van der Waals surface area contributed by atoms with Gasteiger partial charge in [0.2, 0.25) is 11.8 Å². The summed E-state index contributed by atoms with van der Waals surface area (Å²) in [5.74, 6) is 1.14. The van der Waals surface area contributed by atoms with Gasteiger partial charge in [0.05, 0.1) is 26.2 Å². The van der Waals surface area contributed by atoms with Crippen molar-refractivity contribution in [3.8, 4) is 0 Å². The number of carbonyl (C=O) groups excluding carboxylic acids is 3. The van der Waals surface area contributed by atoms with Crippen LogP contribution in [-0.2, 0) is 23.9 Å². The molecule has 0 aromatic rings. The van der Waals surface area contributed by atoms with Gasteiger partial charge in [0, 0.05) is 31.3 Å². The Hall–Kier alpha value is -1.32. The van der Waals surface area contributed by atoms with Crippen LogP contribution >= 0.6 is 11.8 Å². The molecule has 0 aromatic carbocycles. The third-order valence-electron chi connectivity index (χ3n) is 10.4. The molecule has 306 valence electrons. The van der Waals surface area contributed by atoms with Crippen LogP contribution in [0.2, 0.25) is 0 Å². The second kappa shape index (κ2) is 36.6. The van der Waals surface area contributed by atoms with Gasteiger partial charge >= 0.3 is 5.97 Å². The van der Waals surface area contributed by atoms with Gasteiger partial charge in [-0.3, -0.25) is 19.3 Å². The lowest BCUT2D eigenvalue weighted by Crippen LogP contribution is -2.49. The fourth-order valence-electron chi connectivity index (χ4n) is 6.90. The number of ether oxygens (including phenoxy) is 2. The first kappa shape index (κ1) is 48.7. The summed E-state index contributed by atoms with van der Waals surface area (Å²) in [4.78, 5) is 41.8. The highest BCUT2D eigenvalue weighted by Crippen LogP contribution is 2.20. The van der Waals surface area contributed by atoms with Crippen molar-refractivity contribution in [2.75, 3.05) is 57.5 Å². The molecule has 1 saturated heterocycles. The van der Waals surface area contributed by atoms with E-state index in [-0.39, 0.29) is 23.7 Å². The summed E-state index contributed by atoms with van der Waals surface area (Å²) in [6.45, 7) is 12.2. The monoisotopic (exact) mass is 754 g/mol. The van der Waals surface area contributed by atoms with Crippen LogP contribution in [0, 0.1) is 5.92 Å². The maximum Gasteiger partial charge on any atom is 0.306 e. The molecule has 1 aliphatic heterocycles. The summed E-state index contributed by atoms with van der Waals surface area (Å²) in [5, 5.41) is 6.31. The minimum atomic E-state index is -0.556. The molecule has 0 saturated carbocycles. The maximum atomic E-state index is 13.7. The third-order valence-corrected chi connectivity index (χ3v) is 11.4. The van der Waals surface area contributed by atoms with E-state index in [0.29, 0.717) is 37.5 Å². The molecule has 1 rings (SSSR count). The predicted molar refractivity (Wildman–Crippen MR) is 221 cm³/mol. The topological polar surface area (TPSA) is 97.0 Å². The quantitative estimate of drug-likeness (QED) is 0.0482. The number of nitrogens with zero attached hydrogens (tertiary/aromatic N) is 1. The maximum absolute atomic E-state index is 13.7. The Balaban J connectivity index is 2.47. The van der Waals surface area contributed by atoms with Crippen molar-refractivity contribution in [1.29, 1.82) is 0 Å². The number of hydrogen-bond acceptors (Lipinski definition) is 7. The third kappa shape index (κ3) is 29.1. The number of carbonyl (C=O) groups is 3. The Morgan fingerprint density at radius 1 is 0.635 bits per heavy atom. The van der Waals surface area contributed by atoms with Crippen LogP contribution in [0.15, 0.2) is 0 Å². The van der Waals surface area contributed by atoms with Crippen LogP contribution in [-0.4, -0.2) is 86.2 Å². The highest BCUT2D eigenvalue weighted by atomic mass is 32.2. The molecule has 8 nitrogen and oxygen atoms in total. The zero-order chi connectivity index (χ0) is 37.7. The average molecular weight is 754 g/mol. The molecule has 1 fully saturated rings. The van der Waals surface area contributed by atoms with Gasteiger partial charge in [-0.2, -0.15) is 11.8 Å². The summed E-state index contributed by atoms with van der Waals surface area (Å²) in [7, 11) is 0. The second-order valence-electron chi connectivity index (χ2n) is 15.2. The first-order chi connectivity index (χ1) is 25.5. The molecule has 1 aliphatic rings. The lowest BCUT2D eigenvalue weighted by atomic mass is 9.93. The van der Waals surface area contributed by atoms with E-state index < -0.39 is 6.04 Å². The largest absolute Gasteiger partial charge is 0.466 e. The van der Waals surface area contributed by atoms with Gasteiger partial charge in [-0.05, 0) is 44.4 Å². The van der Waals surface area contributed by atoms with Gasteiger partial charge in [0.15, 0.2) is 0 Å². The van der Waals surface area contributed by atoms with Gasteiger partial charge in [-0.25, -0.2) is 0 Å². The molecule has 2 unspecified atom stereocenters. The molecule has 2 atom stereocenters. The minimum absolute atomic E-state index is 0.0366. The Morgan fingerprint density at radius 3 is 1.73 bits per heavy atom. The number of nitrogens with one attached hydrogen (secondary N) is 2. The number of unbranched alkanes of at least 4 members (excludes halogenated alkanes) is 18. The molecule has 9 heteroatoms. The number of hydrogen-bond donors (Lipinski definition) is 2. The summed E-state index contributed by atoms with van der Waals surface area (Å²) in [6.07, 6.45) is 29.5. The highest BCUT2D eigenvalue weighted by molar-refractivity contribution is 7.99. The van der Waals surface area contributed by atoms with Crippen molar-refractivity contribution in [2.24, 2.45) is 5.92 Å². The summed E-state index contributed by atoms with van der Waals surface area (Å²) in [6, 6.07) is -0.556. The predicted octanol–water partition coefficient (Wildman–Crippen LogP) is 10.0. The molecule has 2 N–H and O–H groups in total. The van der Waals surface area contributed by atoms with Crippen molar-refractivity contribution in [1.82, 2.24) is 15.5 Å². The standard InChI is InChI=1S/C43H83N3O5S/c1-4-7-10-13-15-16-17-18-19-21-24-34-51-41(47)29-38-52-37-28-40(43(49)44-30-25-31-46-32-35-50-36-33-46)45-42(48)39(26-22-12-9-6-3)27-23-20-14-11-8-5-2/h39-40H,4-38H2,1-3H3,(H,44,49)(H,45,48). The zero-order valence-electron chi connectivity index (χ0n) is 34.3. The molecule has 0 radical (unpaired) electrons. The van der Waals surface area contributed by atoms with E-state index in [1.54, 1.807) is 11.8 Å². The molecular formula is C43H83N3O5S. The first-order valence-electron chi connectivity index (χ1n) is 22.1. The fraction of sp³-hybridized carbons (Fsp3) is 0.930. The van der Waals surface area contributed by atoms with Crippen molar-refractivity contribution in [2.45, 2.75) is 194 Å². The molecule has 1 heterocycles. The smallest absolute Gasteiger partial charge is 0.306 e. The normalized spacial score (nSPS) is 14.6. The van der Waals surface area contributed by atoms with Crippen molar-refractivity contribution in [3.05, 3.63) is 0 Å². The van der Waals surface area contributed by atoms with Gasteiger partial charge in [-0.1, -0.05) is 149 Å². The van der Waals surface area contributed by atoms with E-state index in [0.717, 1.165) is 84.2 Å². The number of esters is 1. The molecule has 0 bridgehead atoms. The van der Waals surface area contributed by atoms with Gasteiger partial charge in [0.1, 0.15) is 6.04 Å². The van der Waals surface area contributed by atoms with Crippen LogP contribution in [0.5, 0.6) is 0 Å². The van der Waals surface area contributed by atoms with Gasteiger partial charge < -0.3 is 20.1 Å². The van der Waals surface area contributed by atoms with Gasteiger partial charge in [-0.15, -0.1) is 0 Å². The Kier molecular flexibility index (Phi) is 34.3. The van der Waals surface area contributed by atoms with E-state index in [1.165, 1.54) is 103 Å². The van der Waals surface area contributed by atoms with Crippen molar-refractivity contribution >= 4 is 29.5 Å². The minimum Gasteiger partial charge on any atom is -0.466 e. The van der Waals surface area contributed by atoms with Crippen LogP contribution in [0.1, 0.15) is 188 Å². The summed E-state index contributed by atoms with van der Waals surface area (Å²) >= 11 is 1.66. The highest BCUT2D eigenvalue weighted by Gasteiger charge is 2.25. The van der Waals surface area contributed by atoms with E-state index in [9.17, 15) is 14.4 Å². The van der Waals surface area contributed by atoms with Crippen LogP contribution < -0.4 is 10.6 Å².